The van der Waals surface area contributed by atoms with Gasteiger partial charge in [-0.2, -0.15) is 0 Å². The number of rotatable bonds is 5. The molecule has 0 saturated carbocycles. The topological polar surface area (TPSA) is 63.3 Å². The number of carboxylic acids is 1. The SMILES string of the molecule is NCCC(F)CCC(=O)O. The molecule has 0 rings (SSSR count). The minimum Gasteiger partial charge on any atom is -0.481 e. The van der Waals surface area contributed by atoms with Crippen molar-refractivity contribution in [3.63, 3.8) is 0 Å². The lowest BCUT2D eigenvalue weighted by Crippen LogP contribution is -2.10. The summed E-state index contributed by atoms with van der Waals surface area (Å²) in [5.74, 6) is -0.959. The van der Waals surface area contributed by atoms with E-state index in [1.54, 1.807) is 0 Å². The summed E-state index contributed by atoms with van der Waals surface area (Å²) in [7, 11) is 0. The van der Waals surface area contributed by atoms with Crippen LogP contribution >= 0.6 is 0 Å². The highest BCUT2D eigenvalue weighted by Gasteiger charge is 2.06. The number of halogens is 1. The molecule has 3 N–H and O–H groups in total. The van der Waals surface area contributed by atoms with Crippen LogP contribution in [0.3, 0.4) is 0 Å². The van der Waals surface area contributed by atoms with Crippen LogP contribution in [0.1, 0.15) is 19.3 Å². The van der Waals surface area contributed by atoms with Crippen molar-refractivity contribution >= 4 is 5.97 Å². The van der Waals surface area contributed by atoms with Gasteiger partial charge in [0.05, 0.1) is 0 Å². The molecule has 0 radical (unpaired) electrons. The summed E-state index contributed by atoms with van der Waals surface area (Å²) >= 11 is 0. The number of aliphatic carboxylic acids is 1. The predicted molar refractivity (Wildman–Crippen MR) is 35.4 cm³/mol. The Balaban J connectivity index is 3.21. The molecule has 60 valence electrons. The third kappa shape index (κ3) is 5.50. The van der Waals surface area contributed by atoms with Crippen LogP contribution in [-0.4, -0.2) is 23.8 Å². The van der Waals surface area contributed by atoms with Crippen molar-refractivity contribution in [1.29, 1.82) is 0 Å². The fourth-order valence-corrected chi connectivity index (χ4v) is 0.605. The number of nitrogens with two attached hydrogens (primary N) is 1. The molecule has 0 aliphatic heterocycles. The van der Waals surface area contributed by atoms with Gasteiger partial charge in [-0.1, -0.05) is 0 Å². The third-order valence-corrected chi connectivity index (χ3v) is 1.15. The first kappa shape index (κ1) is 9.36. The van der Waals surface area contributed by atoms with Crippen LogP contribution in [-0.2, 0) is 4.79 Å². The summed E-state index contributed by atoms with van der Waals surface area (Å²) in [6, 6.07) is 0. The van der Waals surface area contributed by atoms with Gasteiger partial charge in [-0.05, 0) is 19.4 Å². The van der Waals surface area contributed by atoms with E-state index in [2.05, 4.69) is 0 Å². The van der Waals surface area contributed by atoms with Crippen molar-refractivity contribution in [3.8, 4) is 0 Å². The van der Waals surface area contributed by atoms with E-state index in [-0.39, 0.29) is 25.8 Å². The third-order valence-electron chi connectivity index (χ3n) is 1.15. The molecule has 0 aromatic rings. The summed E-state index contributed by atoms with van der Waals surface area (Å²) in [6.45, 7) is 0.279. The van der Waals surface area contributed by atoms with Gasteiger partial charge >= 0.3 is 5.97 Å². The highest BCUT2D eigenvalue weighted by atomic mass is 19.1. The number of carbonyl (C=O) groups is 1. The van der Waals surface area contributed by atoms with Crippen molar-refractivity contribution < 1.29 is 14.3 Å². The van der Waals surface area contributed by atoms with Gasteiger partial charge in [0.25, 0.3) is 0 Å². The zero-order chi connectivity index (χ0) is 7.98. The van der Waals surface area contributed by atoms with Crippen molar-refractivity contribution in [3.05, 3.63) is 0 Å². The van der Waals surface area contributed by atoms with Crippen LogP contribution in [0.25, 0.3) is 0 Å². The van der Waals surface area contributed by atoms with E-state index >= 15 is 0 Å². The monoisotopic (exact) mass is 149 g/mol. The highest BCUT2D eigenvalue weighted by molar-refractivity contribution is 5.66. The van der Waals surface area contributed by atoms with Gasteiger partial charge in [-0.25, -0.2) is 4.39 Å². The van der Waals surface area contributed by atoms with Gasteiger partial charge in [-0.15, -0.1) is 0 Å². The second kappa shape index (κ2) is 5.17. The fraction of sp³-hybridized carbons (Fsp3) is 0.833. The Bertz CT molecular complexity index is 108. The quantitative estimate of drug-likeness (QED) is 0.599. The van der Waals surface area contributed by atoms with Crippen molar-refractivity contribution in [2.45, 2.75) is 25.4 Å². The molecule has 0 heterocycles. The Morgan fingerprint density at radius 2 is 2.20 bits per heavy atom. The van der Waals surface area contributed by atoms with Crippen LogP contribution in [0.15, 0.2) is 0 Å². The van der Waals surface area contributed by atoms with Gasteiger partial charge in [0, 0.05) is 6.42 Å². The second-order valence-electron chi connectivity index (χ2n) is 2.11. The smallest absolute Gasteiger partial charge is 0.303 e. The molecular formula is C6H12FNO2. The molecule has 0 aliphatic carbocycles. The molecule has 0 aliphatic rings. The Morgan fingerprint density at radius 3 is 2.60 bits per heavy atom. The van der Waals surface area contributed by atoms with E-state index < -0.39 is 12.1 Å². The molecular weight excluding hydrogens is 137 g/mol. The zero-order valence-electron chi connectivity index (χ0n) is 5.72. The predicted octanol–water partition coefficient (Wildman–Crippen LogP) is 0.538. The lowest BCUT2D eigenvalue weighted by atomic mass is 10.1. The molecule has 3 nitrogen and oxygen atoms in total. The average molecular weight is 149 g/mol. The van der Waals surface area contributed by atoms with E-state index in [9.17, 15) is 9.18 Å². The average Bonchev–Trinajstić information content (AvgIpc) is 1.85. The normalized spacial score (nSPS) is 13.0. The molecule has 10 heavy (non-hydrogen) atoms. The minimum atomic E-state index is -1.05. The maximum Gasteiger partial charge on any atom is 0.303 e. The van der Waals surface area contributed by atoms with Crippen LogP contribution in [0, 0.1) is 0 Å². The van der Waals surface area contributed by atoms with E-state index in [0.717, 1.165) is 0 Å². The lowest BCUT2D eigenvalue weighted by Gasteiger charge is -2.02. The second-order valence-corrected chi connectivity index (χ2v) is 2.11. The largest absolute Gasteiger partial charge is 0.481 e. The van der Waals surface area contributed by atoms with Crippen molar-refractivity contribution in [2.24, 2.45) is 5.73 Å². The summed E-state index contributed by atoms with van der Waals surface area (Å²) in [4.78, 5) is 9.91. The Labute approximate surface area is 59.0 Å². The Hall–Kier alpha value is -0.640. The van der Waals surface area contributed by atoms with Crippen LogP contribution in [0.4, 0.5) is 4.39 Å². The van der Waals surface area contributed by atoms with Crippen LogP contribution in [0.2, 0.25) is 0 Å². The molecule has 1 atom stereocenters. The molecule has 0 spiro atoms. The molecule has 0 fully saturated rings. The first-order valence-corrected chi connectivity index (χ1v) is 3.22. The molecule has 0 saturated heterocycles. The number of alkyl halides is 1. The van der Waals surface area contributed by atoms with E-state index in [1.807, 2.05) is 0 Å². The van der Waals surface area contributed by atoms with Gasteiger partial charge in [-0.3, -0.25) is 4.79 Å². The zero-order valence-corrected chi connectivity index (χ0v) is 5.72. The highest BCUT2D eigenvalue weighted by Crippen LogP contribution is 2.04. The summed E-state index contributed by atoms with van der Waals surface area (Å²) in [5.41, 5.74) is 5.05. The molecule has 0 bridgehead atoms. The molecule has 0 amide bonds. The first-order chi connectivity index (χ1) is 4.66. The van der Waals surface area contributed by atoms with Crippen molar-refractivity contribution in [1.82, 2.24) is 0 Å². The molecule has 0 aromatic heterocycles. The summed E-state index contributed by atoms with van der Waals surface area (Å²) < 4.78 is 12.4. The van der Waals surface area contributed by atoms with Crippen LogP contribution in [0.5, 0.6) is 0 Å². The maximum absolute atomic E-state index is 12.4. The number of carboxylic acid groups (broad SMARTS) is 1. The Kier molecular flexibility index (Phi) is 4.84. The summed E-state index contributed by atoms with van der Waals surface area (Å²) in [6.07, 6.45) is -0.831. The van der Waals surface area contributed by atoms with Gasteiger partial charge in [0.1, 0.15) is 6.17 Å². The standard InChI is InChI=1S/C6H12FNO2/c7-5(3-4-8)1-2-6(9)10/h5H,1-4,8H2,(H,9,10). The molecule has 1 unspecified atom stereocenters. The van der Waals surface area contributed by atoms with Crippen LogP contribution < -0.4 is 5.73 Å². The lowest BCUT2D eigenvalue weighted by molar-refractivity contribution is -0.137. The first-order valence-electron chi connectivity index (χ1n) is 3.22. The molecule has 0 aromatic carbocycles. The maximum atomic E-state index is 12.4. The fourth-order valence-electron chi connectivity index (χ4n) is 0.605. The minimum absolute atomic E-state index is 0.0759. The van der Waals surface area contributed by atoms with Gasteiger partial charge < -0.3 is 10.8 Å². The van der Waals surface area contributed by atoms with Gasteiger partial charge in [0.2, 0.25) is 0 Å². The van der Waals surface area contributed by atoms with E-state index in [0.29, 0.717) is 0 Å². The van der Waals surface area contributed by atoms with E-state index in [4.69, 9.17) is 10.8 Å². The van der Waals surface area contributed by atoms with Crippen molar-refractivity contribution in [2.75, 3.05) is 6.54 Å². The van der Waals surface area contributed by atoms with Gasteiger partial charge in [0.15, 0.2) is 0 Å². The summed E-state index contributed by atoms with van der Waals surface area (Å²) in [5, 5.41) is 8.13. The Morgan fingerprint density at radius 1 is 1.60 bits per heavy atom. The molecule has 4 heteroatoms. The number of hydrogen-bond donors (Lipinski definition) is 2. The van der Waals surface area contributed by atoms with E-state index in [1.165, 1.54) is 0 Å². The number of hydrogen-bond acceptors (Lipinski definition) is 2.